The lowest BCUT2D eigenvalue weighted by atomic mass is 10.3. The van der Waals surface area contributed by atoms with Crippen molar-refractivity contribution in [2.24, 2.45) is 0 Å². The van der Waals surface area contributed by atoms with Gasteiger partial charge in [0.15, 0.2) is 0 Å². The number of hydrogen-bond acceptors (Lipinski definition) is 3. The van der Waals surface area contributed by atoms with Gasteiger partial charge < -0.3 is 10.6 Å². The standard InChI is InChI=1S/C12H16N2O2S/c1-8(12(16)13-3)17-11-6-4-10(5-7-11)14-9(2)15/h4-8H,1-3H3,(H,13,16)(H,14,15). The highest BCUT2D eigenvalue weighted by Crippen LogP contribution is 2.24. The van der Waals surface area contributed by atoms with Crippen LogP contribution in [-0.4, -0.2) is 24.1 Å². The molecule has 1 rings (SSSR count). The van der Waals surface area contributed by atoms with Crippen molar-refractivity contribution in [2.45, 2.75) is 24.0 Å². The molecule has 1 aromatic carbocycles. The molecule has 2 N–H and O–H groups in total. The average Bonchev–Trinajstić information content (AvgIpc) is 2.30. The highest BCUT2D eigenvalue weighted by atomic mass is 32.2. The Morgan fingerprint density at radius 3 is 2.29 bits per heavy atom. The lowest BCUT2D eigenvalue weighted by Crippen LogP contribution is -2.27. The molecule has 0 heterocycles. The van der Waals surface area contributed by atoms with Gasteiger partial charge in [-0.15, -0.1) is 11.8 Å². The molecule has 0 saturated carbocycles. The van der Waals surface area contributed by atoms with E-state index in [1.54, 1.807) is 7.05 Å². The fourth-order valence-electron chi connectivity index (χ4n) is 1.28. The first kappa shape index (κ1) is 13.6. The SMILES string of the molecule is CNC(=O)C(C)Sc1ccc(NC(C)=O)cc1. The third-order valence-corrected chi connectivity index (χ3v) is 3.22. The summed E-state index contributed by atoms with van der Waals surface area (Å²) in [6, 6.07) is 7.41. The van der Waals surface area contributed by atoms with Gasteiger partial charge in [-0.1, -0.05) is 0 Å². The van der Waals surface area contributed by atoms with Crippen LogP contribution in [0.2, 0.25) is 0 Å². The topological polar surface area (TPSA) is 58.2 Å². The predicted molar refractivity (Wildman–Crippen MR) is 70.1 cm³/mol. The number of nitrogens with one attached hydrogen (secondary N) is 2. The summed E-state index contributed by atoms with van der Waals surface area (Å²) in [6.45, 7) is 3.32. The first-order valence-electron chi connectivity index (χ1n) is 5.29. The summed E-state index contributed by atoms with van der Waals surface area (Å²) in [7, 11) is 1.62. The van der Waals surface area contributed by atoms with Crippen LogP contribution in [0.3, 0.4) is 0 Å². The van der Waals surface area contributed by atoms with Crippen molar-refractivity contribution >= 4 is 29.3 Å². The number of anilines is 1. The highest BCUT2D eigenvalue weighted by molar-refractivity contribution is 8.00. The van der Waals surface area contributed by atoms with Crippen LogP contribution < -0.4 is 10.6 Å². The maximum absolute atomic E-state index is 11.3. The van der Waals surface area contributed by atoms with Crippen molar-refractivity contribution in [3.8, 4) is 0 Å². The fourth-order valence-corrected chi connectivity index (χ4v) is 2.21. The Balaban J connectivity index is 2.62. The molecule has 17 heavy (non-hydrogen) atoms. The van der Waals surface area contributed by atoms with Gasteiger partial charge in [-0.25, -0.2) is 0 Å². The largest absolute Gasteiger partial charge is 0.358 e. The number of carbonyl (C=O) groups excluding carboxylic acids is 2. The number of carbonyl (C=O) groups is 2. The Labute approximate surface area is 105 Å². The minimum Gasteiger partial charge on any atom is -0.358 e. The number of hydrogen-bond donors (Lipinski definition) is 2. The molecule has 0 aromatic heterocycles. The van der Waals surface area contributed by atoms with E-state index in [1.165, 1.54) is 18.7 Å². The van der Waals surface area contributed by atoms with Crippen LogP contribution in [0, 0.1) is 0 Å². The minimum absolute atomic E-state index is 0.000868. The number of benzene rings is 1. The van der Waals surface area contributed by atoms with Gasteiger partial charge in [0, 0.05) is 24.6 Å². The molecular weight excluding hydrogens is 236 g/mol. The van der Waals surface area contributed by atoms with Gasteiger partial charge in [-0.05, 0) is 31.2 Å². The molecule has 0 radical (unpaired) electrons. The van der Waals surface area contributed by atoms with E-state index in [0.717, 1.165) is 10.6 Å². The molecule has 1 atom stereocenters. The van der Waals surface area contributed by atoms with Gasteiger partial charge in [0.05, 0.1) is 5.25 Å². The van der Waals surface area contributed by atoms with E-state index in [1.807, 2.05) is 31.2 Å². The van der Waals surface area contributed by atoms with E-state index >= 15 is 0 Å². The van der Waals surface area contributed by atoms with Crippen molar-refractivity contribution < 1.29 is 9.59 Å². The van der Waals surface area contributed by atoms with Crippen molar-refractivity contribution in [2.75, 3.05) is 12.4 Å². The Hall–Kier alpha value is -1.49. The molecule has 0 saturated heterocycles. The van der Waals surface area contributed by atoms with Crippen LogP contribution >= 0.6 is 11.8 Å². The lowest BCUT2D eigenvalue weighted by Gasteiger charge is -2.10. The molecule has 0 bridgehead atoms. The minimum atomic E-state index is -0.133. The van der Waals surface area contributed by atoms with Crippen LogP contribution in [0.1, 0.15) is 13.8 Å². The summed E-state index contributed by atoms with van der Waals surface area (Å²) < 4.78 is 0. The van der Waals surface area contributed by atoms with Crippen LogP contribution in [0.15, 0.2) is 29.2 Å². The lowest BCUT2D eigenvalue weighted by molar-refractivity contribution is -0.119. The van der Waals surface area contributed by atoms with Gasteiger partial charge in [0.2, 0.25) is 11.8 Å². The molecule has 5 heteroatoms. The Kier molecular flexibility index (Phi) is 5.03. The van der Waals surface area contributed by atoms with Crippen molar-refractivity contribution in [1.82, 2.24) is 5.32 Å². The highest BCUT2D eigenvalue weighted by Gasteiger charge is 2.12. The molecule has 0 spiro atoms. The quantitative estimate of drug-likeness (QED) is 0.804. The smallest absolute Gasteiger partial charge is 0.232 e. The maximum atomic E-state index is 11.3. The van der Waals surface area contributed by atoms with Crippen molar-refractivity contribution in [1.29, 1.82) is 0 Å². The Bertz CT molecular complexity index is 403. The second-order valence-electron chi connectivity index (χ2n) is 3.58. The normalized spacial score (nSPS) is 11.7. The third-order valence-electron chi connectivity index (χ3n) is 2.10. The summed E-state index contributed by atoms with van der Waals surface area (Å²) in [5, 5.41) is 5.16. The van der Waals surface area contributed by atoms with Gasteiger partial charge >= 0.3 is 0 Å². The van der Waals surface area contributed by atoms with Crippen LogP contribution in [-0.2, 0) is 9.59 Å². The Morgan fingerprint density at radius 1 is 1.24 bits per heavy atom. The third kappa shape index (κ3) is 4.48. The maximum Gasteiger partial charge on any atom is 0.232 e. The zero-order valence-electron chi connectivity index (χ0n) is 10.1. The molecule has 2 amide bonds. The average molecular weight is 252 g/mol. The monoisotopic (exact) mass is 252 g/mol. The summed E-state index contributed by atoms with van der Waals surface area (Å²) in [5.74, 6) is -0.0925. The van der Waals surface area contributed by atoms with E-state index in [-0.39, 0.29) is 17.1 Å². The van der Waals surface area contributed by atoms with Gasteiger partial charge in [0.1, 0.15) is 0 Å². The Morgan fingerprint density at radius 2 is 1.82 bits per heavy atom. The summed E-state index contributed by atoms with van der Waals surface area (Å²) in [4.78, 5) is 23.2. The number of thioether (sulfide) groups is 1. The predicted octanol–water partition coefficient (Wildman–Crippen LogP) is 1.87. The second-order valence-corrected chi connectivity index (χ2v) is 4.99. The van der Waals surface area contributed by atoms with E-state index < -0.39 is 0 Å². The van der Waals surface area contributed by atoms with E-state index in [9.17, 15) is 9.59 Å². The number of amides is 2. The number of rotatable bonds is 4. The molecule has 0 aliphatic heterocycles. The molecule has 0 aliphatic carbocycles. The molecule has 92 valence electrons. The van der Waals surface area contributed by atoms with Crippen molar-refractivity contribution in [3.05, 3.63) is 24.3 Å². The summed E-state index contributed by atoms with van der Waals surface area (Å²) in [5.41, 5.74) is 0.759. The molecule has 0 fully saturated rings. The van der Waals surface area contributed by atoms with E-state index in [0.29, 0.717) is 0 Å². The van der Waals surface area contributed by atoms with Crippen LogP contribution in [0.25, 0.3) is 0 Å². The van der Waals surface area contributed by atoms with Crippen LogP contribution in [0.5, 0.6) is 0 Å². The zero-order valence-corrected chi connectivity index (χ0v) is 10.9. The molecule has 1 aromatic rings. The van der Waals surface area contributed by atoms with Gasteiger partial charge in [0.25, 0.3) is 0 Å². The van der Waals surface area contributed by atoms with Gasteiger partial charge in [-0.2, -0.15) is 0 Å². The first-order chi connectivity index (χ1) is 8.02. The molecule has 4 nitrogen and oxygen atoms in total. The van der Waals surface area contributed by atoms with E-state index in [2.05, 4.69) is 10.6 Å². The van der Waals surface area contributed by atoms with E-state index in [4.69, 9.17) is 0 Å². The van der Waals surface area contributed by atoms with Crippen molar-refractivity contribution in [3.63, 3.8) is 0 Å². The molecule has 1 unspecified atom stereocenters. The molecule has 0 aliphatic rings. The van der Waals surface area contributed by atoms with Gasteiger partial charge in [-0.3, -0.25) is 9.59 Å². The fraction of sp³-hybridized carbons (Fsp3) is 0.333. The second kappa shape index (κ2) is 6.30. The summed E-state index contributed by atoms with van der Waals surface area (Å²) in [6.07, 6.45) is 0. The zero-order chi connectivity index (χ0) is 12.8. The first-order valence-corrected chi connectivity index (χ1v) is 6.17. The van der Waals surface area contributed by atoms with Crippen LogP contribution in [0.4, 0.5) is 5.69 Å². The molecular formula is C12H16N2O2S. The summed E-state index contributed by atoms with van der Waals surface area (Å²) >= 11 is 1.48.